The lowest BCUT2D eigenvalue weighted by molar-refractivity contribution is 0.0985. The van der Waals surface area contributed by atoms with E-state index < -0.39 is 0 Å². The second-order valence-corrected chi connectivity index (χ2v) is 5.45. The van der Waals surface area contributed by atoms with Gasteiger partial charge in [-0.3, -0.25) is 9.78 Å². The number of imidazole rings is 1. The fraction of sp³-hybridized carbons (Fsp3) is 0.133. The maximum Gasteiger partial charge on any atom is 0.188 e. The Morgan fingerprint density at radius 1 is 1.25 bits per heavy atom. The molecule has 0 spiro atoms. The Bertz CT molecular complexity index is 777. The van der Waals surface area contributed by atoms with Gasteiger partial charge in [-0.05, 0) is 40.2 Å². The van der Waals surface area contributed by atoms with Crippen LogP contribution < -0.4 is 0 Å². The van der Waals surface area contributed by atoms with E-state index in [1.165, 1.54) is 0 Å². The van der Waals surface area contributed by atoms with Gasteiger partial charge in [0.2, 0.25) is 0 Å². The van der Waals surface area contributed by atoms with Gasteiger partial charge in [0, 0.05) is 17.7 Å². The Morgan fingerprint density at radius 2 is 2.05 bits per heavy atom. The third-order valence-electron chi connectivity index (χ3n) is 3.21. The van der Waals surface area contributed by atoms with Gasteiger partial charge in [-0.25, -0.2) is 4.98 Å². The molecule has 0 aliphatic heterocycles. The lowest BCUT2D eigenvalue weighted by atomic mass is 10.2. The van der Waals surface area contributed by atoms with Crippen molar-refractivity contribution < 1.29 is 4.79 Å². The zero-order valence-electron chi connectivity index (χ0n) is 10.9. The van der Waals surface area contributed by atoms with Gasteiger partial charge in [0.1, 0.15) is 11.5 Å². The minimum Gasteiger partial charge on any atom is -0.331 e. The lowest BCUT2D eigenvalue weighted by Crippen LogP contribution is -2.09. The first-order valence-electron chi connectivity index (χ1n) is 6.20. The first-order valence-corrected chi connectivity index (χ1v) is 6.99. The van der Waals surface area contributed by atoms with Crippen LogP contribution in [-0.4, -0.2) is 20.3 Å². The molecule has 3 rings (SSSR count). The van der Waals surface area contributed by atoms with Crippen LogP contribution in [0.1, 0.15) is 16.3 Å². The number of benzene rings is 1. The van der Waals surface area contributed by atoms with E-state index in [0.717, 1.165) is 21.3 Å². The number of para-hydroxylation sites is 2. The molecule has 4 nitrogen and oxygen atoms in total. The highest BCUT2D eigenvalue weighted by Crippen LogP contribution is 2.16. The number of hydrogen-bond donors (Lipinski definition) is 0. The van der Waals surface area contributed by atoms with E-state index in [0.29, 0.717) is 5.69 Å². The van der Waals surface area contributed by atoms with Crippen molar-refractivity contribution in [1.82, 2.24) is 14.5 Å². The SMILES string of the molecule is Cn1c(CC(=O)c2ccc(Br)cn2)nc2ccccc21. The van der Waals surface area contributed by atoms with Crippen LogP contribution in [0.25, 0.3) is 11.0 Å². The molecule has 20 heavy (non-hydrogen) atoms. The van der Waals surface area contributed by atoms with Gasteiger partial charge in [-0.2, -0.15) is 0 Å². The fourth-order valence-corrected chi connectivity index (χ4v) is 2.36. The number of Topliss-reactive ketones (excluding diaryl/α,β-unsaturated/α-hetero) is 1. The van der Waals surface area contributed by atoms with Crippen LogP contribution in [0.5, 0.6) is 0 Å². The molecule has 2 aromatic heterocycles. The molecule has 0 aliphatic carbocycles. The van der Waals surface area contributed by atoms with E-state index in [1.54, 1.807) is 12.3 Å². The van der Waals surface area contributed by atoms with E-state index in [4.69, 9.17) is 0 Å². The zero-order chi connectivity index (χ0) is 14.1. The zero-order valence-corrected chi connectivity index (χ0v) is 12.5. The van der Waals surface area contributed by atoms with Crippen molar-refractivity contribution in [2.24, 2.45) is 7.05 Å². The van der Waals surface area contributed by atoms with E-state index in [9.17, 15) is 4.79 Å². The molecule has 0 radical (unpaired) electrons. The first kappa shape index (κ1) is 13.0. The van der Waals surface area contributed by atoms with Gasteiger partial charge < -0.3 is 4.57 Å². The molecule has 5 heteroatoms. The molecule has 0 amide bonds. The summed E-state index contributed by atoms with van der Waals surface area (Å²) in [6.07, 6.45) is 1.88. The van der Waals surface area contributed by atoms with Crippen LogP contribution in [0.4, 0.5) is 0 Å². The molecule has 2 heterocycles. The van der Waals surface area contributed by atoms with E-state index in [2.05, 4.69) is 25.9 Å². The summed E-state index contributed by atoms with van der Waals surface area (Å²) < 4.78 is 2.81. The Hall–Kier alpha value is -2.01. The maximum atomic E-state index is 12.2. The highest BCUT2D eigenvalue weighted by Gasteiger charge is 2.14. The number of carbonyl (C=O) groups is 1. The number of fused-ring (bicyclic) bond motifs is 1. The monoisotopic (exact) mass is 329 g/mol. The van der Waals surface area contributed by atoms with Crippen molar-refractivity contribution >= 4 is 32.7 Å². The molecule has 0 unspecified atom stereocenters. The van der Waals surface area contributed by atoms with Crippen molar-refractivity contribution in [1.29, 1.82) is 0 Å². The van der Waals surface area contributed by atoms with E-state index in [1.807, 2.05) is 41.9 Å². The summed E-state index contributed by atoms with van der Waals surface area (Å²) in [5.74, 6) is 0.719. The molecule has 0 N–H and O–H groups in total. The third kappa shape index (κ3) is 2.36. The first-order chi connectivity index (χ1) is 9.65. The minimum atomic E-state index is -0.0316. The summed E-state index contributed by atoms with van der Waals surface area (Å²) in [5, 5.41) is 0. The average molecular weight is 330 g/mol. The predicted octanol–water partition coefficient (Wildman–Crippen LogP) is 3.16. The number of hydrogen-bond acceptors (Lipinski definition) is 3. The molecular formula is C15H12BrN3O. The summed E-state index contributed by atoms with van der Waals surface area (Å²) in [5.41, 5.74) is 2.39. The quantitative estimate of drug-likeness (QED) is 0.693. The van der Waals surface area contributed by atoms with Crippen molar-refractivity contribution in [3.63, 3.8) is 0 Å². The second kappa shape index (κ2) is 5.17. The summed E-state index contributed by atoms with van der Waals surface area (Å²) in [4.78, 5) is 20.8. The summed E-state index contributed by atoms with van der Waals surface area (Å²) >= 11 is 3.31. The lowest BCUT2D eigenvalue weighted by Gasteiger charge is -2.02. The number of carbonyl (C=O) groups excluding carboxylic acids is 1. The molecule has 3 aromatic rings. The Labute approximate surface area is 124 Å². The van der Waals surface area contributed by atoms with Crippen LogP contribution in [-0.2, 0) is 13.5 Å². The van der Waals surface area contributed by atoms with Crippen LogP contribution >= 0.6 is 15.9 Å². The molecule has 0 fully saturated rings. The van der Waals surface area contributed by atoms with Crippen LogP contribution in [0.15, 0.2) is 47.1 Å². The van der Waals surface area contributed by atoms with Crippen molar-refractivity contribution in [3.8, 4) is 0 Å². The van der Waals surface area contributed by atoms with Crippen molar-refractivity contribution in [3.05, 3.63) is 58.6 Å². The average Bonchev–Trinajstić information content (AvgIpc) is 2.77. The molecule has 1 aromatic carbocycles. The van der Waals surface area contributed by atoms with E-state index in [-0.39, 0.29) is 12.2 Å². The van der Waals surface area contributed by atoms with Gasteiger partial charge in [-0.1, -0.05) is 12.1 Å². The van der Waals surface area contributed by atoms with E-state index >= 15 is 0 Å². The molecule has 0 saturated carbocycles. The Kier molecular flexibility index (Phi) is 3.36. The van der Waals surface area contributed by atoms with Crippen LogP contribution in [0, 0.1) is 0 Å². The van der Waals surface area contributed by atoms with Crippen molar-refractivity contribution in [2.45, 2.75) is 6.42 Å². The number of pyridine rings is 1. The maximum absolute atomic E-state index is 12.2. The van der Waals surface area contributed by atoms with Gasteiger partial charge in [-0.15, -0.1) is 0 Å². The van der Waals surface area contributed by atoms with Crippen LogP contribution in [0.2, 0.25) is 0 Å². The fourth-order valence-electron chi connectivity index (χ4n) is 2.13. The smallest absolute Gasteiger partial charge is 0.188 e. The van der Waals surface area contributed by atoms with Gasteiger partial charge in [0.15, 0.2) is 5.78 Å². The molecule has 0 saturated heterocycles. The normalized spacial score (nSPS) is 10.9. The topological polar surface area (TPSA) is 47.8 Å². The highest BCUT2D eigenvalue weighted by atomic mass is 79.9. The predicted molar refractivity (Wildman–Crippen MR) is 80.7 cm³/mol. The number of aromatic nitrogens is 3. The Balaban J connectivity index is 1.91. The molecule has 0 aliphatic rings. The van der Waals surface area contributed by atoms with Crippen molar-refractivity contribution in [2.75, 3.05) is 0 Å². The molecule has 100 valence electrons. The summed E-state index contributed by atoms with van der Waals surface area (Å²) in [6.45, 7) is 0. The summed E-state index contributed by atoms with van der Waals surface area (Å²) in [6, 6.07) is 11.4. The third-order valence-corrected chi connectivity index (χ3v) is 3.68. The highest BCUT2D eigenvalue weighted by molar-refractivity contribution is 9.10. The summed E-state index contributed by atoms with van der Waals surface area (Å²) in [7, 11) is 1.92. The number of halogens is 1. The Morgan fingerprint density at radius 3 is 2.75 bits per heavy atom. The van der Waals surface area contributed by atoms with Gasteiger partial charge in [0.25, 0.3) is 0 Å². The number of aryl methyl sites for hydroxylation is 1. The largest absolute Gasteiger partial charge is 0.331 e. The minimum absolute atomic E-state index is 0.0316. The molecule has 0 bridgehead atoms. The molecule has 0 atom stereocenters. The number of nitrogens with zero attached hydrogens (tertiary/aromatic N) is 3. The second-order valence-electron chi connectivity index (χ2n) is 4.54. The van der Waals surface area contributed by atoms with Crippen LogP contribution in [0.3, 0.4) is 0 Å². The van der Waals surface area contributed by atoms with Gasteiger partial charge >= 0.3 is 0 Å². The molecular weight excluding hydrogens is 318 g/mol. The standard InChI is InChI=1S/C15H12BrN3O/c1-19-13-5-3-2-4-11(13)18-15(19)8-14(20)12-7-6-10(16)9-17-12/h2-7,9H,8H2,1H3. The van der Waals surface area contributed by atoms with Gasteiger partial charge in [0.05, 0.1) is 17.5 Å². The number of ketones is 1. The number of rotatable bonds is 3.